The molecule has 0 aliphatic carbocycles. The van der Waals surface area contributed by atoms with Crippen molar-refractivity contribution in [3.05, 3.63) is 142 Å². The Labute approximate surface area is 333 Å². The molecule has 57 heavy (non-hydrogen) atoms. The van der Waals surface area contributed by atoms with Crippen molar-refractivity contribution in [1.82, 2.24) is 15.6 Å². The number of nitrogens with zero attached hydrogens (tertiary/aromatic N) is 1. The lowest BCUT2D eigenvalue weighted by Crippen LogP contribution is -2.60. The number of rotatable bonds is 17. The van der Waals surface area contributed by atoms with Crippen LogP contribution in [0.2, 0.25) is 0 Å². The summed E-state index contributed by atoms with van der Waals surface area (Å²) in [4.78, 5) is 37.8. The number of benzene rings is 4. The summed E-state index contributed by atoms with van der Waals surface area (Å²) in [5, 5.41) is 36.4. The lowest BCUT2D eigenvalue weighted by molar-refractivity contribution is -0.935. The second-order valence-corrected chi connectivity index (χ2v) is 15.3. The molecule has 4 heterocycles. The summed E-state index contributed by atoms with van der Waals surface area (Å²) in [5.41, 5.74) is 3.21. The Kier molecular flexibility index (Phi) is 14.5. The van der Waals surface area contributed by atoms with Gasteiger partial charge in [-0.1, -0.05) is 91.7 Å². The molecule has 0 saturated carbocycles. The van der Waals surface area contributed by atoms with Crippen molar-refractivity contribution < 1.29 is 34.1 Å². The van der Waals surface area contributed by atoms with E-state index in [1.807, 2.05) is 84.9 Å². The minimum Gasteiger partial charge on any atom is -0.506 e. The van der Waals surface area contributed by atoms with Gasteiger partial charge in [0.25, 0.3) is 0 Å². The van der Waals surface area contributed by atoms with E-state index in [0.29, 0.717) is 41.2 Å². The third-order valence-corrected chi connectivity index (χ3v) is 11.3. The van der Waals surface area contributed by atoms with Crippen molar-refractivity contribution in [3.63, 3.8) is 0 Å². The van der Waals surface area contributed by atoms with Gasteiger partial charge < -0.3 is 40.2 Å². The number of aromatic hydroxyl groups is 1. The quantitative estimate of drug-likeness (QED) is 0.0325. The van der Waals surface area contributed by atoms with E-state index in [1.165, 1.54) is 51.0 Å². The zero-order chi connectivity index (χ0) is 40.0. The van der Waals surface area contributed by atoms with Crippen molar-refractivity contribution in [2.75, 3.05) is 45.9 Å². The maximum Gasteiger partial charge on any atom is 0.405 e. The number of pyridine rings is 1. The molecular weight excluding hydrogens is 721 g/mol. The van der Waals surface area contributed by atoms with Crippen molar-refractivity contribution in [2.45, 2.75) is 57.1 Å². The normalized spacial score (nSPS) is 18.2. The Balaban J connectivity index is 0.000000266. The van der Waals surface area contributed by atoms with Gasteiger partial charge in [0.15, 0.2) is 0 Å². The van der Waals surface area contributed by atoms with Crippen LogP contribution in [-0.2, 0) is 0 Å². The predicted molar refractivity (Wildman–Crippen MR) is 222 cm³/mol. The number of aliphatic hydroxyl groups excluding tert-OH is 1. The van der Waals surface area contributed by atoms with Crippen LogP contribution in [0.15, 0.2) is 114 Å². The summed E-state index contributed by atoms with van der Waals surface area (Å²) >= 11 is 0. The maximum absolute atomic E-state index is 12.3. The number of aliphatic hydroxyl groups is 1. The number of quaternary nitrogens is 1. The average molecular weight is 776 g/mol. The van der Waals surface area contributed by atoms with E-state index in [0.717, 1.165) is 65.9 Å². The van der Waals surface area contributed by atoms with Gasteiger partial charge in [0.05, 0.1) is 43.9 Å². The van der Waals surface area contributed by atoms with Crippen molar-refractivity contribution >= 4 is 22.8 Å². The number of phenolic OH excluding ortho intramolecular Hbond substituents is 1. The summed E-state index contributed by atoms with van der Waals surface area (Å²) in [6.45, 7) is 6.07. The monoisotopic (exact) mass is 775 g/mol. The molecule has 5 aromatic rings. The molecule has 0 spiro atoms. The lowest BCUT2D eigenvalue weighted by Gasteiger charge is -2.48. The highest BCUT2D eigenvalue weighted by Crippen LogP contribution is 2.34. The first-order chi connectivity index (χ1) is 27.7. The highest BCUT2D eigenvalue weighted by Gasteiger charge is 2.41. The van der Waals surface area contributed by atoms with Crippen molar-refractivity contribution in [1.29, 1.82) is 0 Å². The largest absolute Gasteiger partial charge is 0.506 e. The fourth-order valence-electron chi connectivity index (χ4n) is 8.10. The van der Waals surface area contributed by atoms with E-state index in [1.54, 1.807) is 12.1 Å². The summed E-state index contributed by atoms with van der Waals surface area (Å²) in [6, 6.07) is 32.3. The molecule has 8 rings (SSSR count). The number of carboxylic acid groups (broad SMARTS) is 1. The van der Waals surface area contributed by atoms with Gasteiger partial charge in [-0.2, -0.15) is 0 Å². The summed E-state index contributed by atoms with van der Waals surface area (Å²) in [6.07, 6.45) is 5.99. The number of carbonyl (C=O) groups is 2. The second kappa shape index (κ2) is 20.1. The summed E-state index contributed by atoms with van der Waals surface area (Å²) in [7, 11) is 0. The van der Waals surface area contributed by atoms with Gasteiger partial charge in [0.1, 0.15) is 18.0 Å². The van der Waals surface area contributed by atoms with Crippen LogP contribution in [-0.4, -0.2) is 82.5 Å². The first kappa shape index (κ1) is 41.2. The molecule has 3 fully saturated rings. The SMILES string of the molecule is O=C(C[N+]12CCC(CC1)CC2)c1ccccc1.O=C(O)NC(c1ccccc1)c1cccc(OCCCCCCNCC(O)c2ccc(O)c3[nH]c(=O)ccc23)c1. The molecule has 2 atom stereocenters. The number of fused-ring (bicyclic) bond motifs is 4. The Bertz CT molecular complexity index is 2100. The number of H-pyrrole nitrogens is 1. The minimum absolute atomic E-state index is 0.0279. The highest BCUT2D eigenvalue weighted by atomic mass is 16.5. The van der Waals surface area contributed by atoms with Gasteiger partial charge in [0.2, 0.25) is 11.3 Å². The number of piperidine rings is 3. The third-order valence-electron chi connectivity index (χ3n) is 11.3. The standard InChI is InChI=1S/C31H35N3O6.C15H20NO/c35-26-15-13-24(25-14-16-28(37)33-30(25)26)27(36)20-32-17-6-1-2-7-18-40-23-12-8-11-22(19-23)29(34-31(38)39)21-9-4-3-5-10-21;17-15(14-4-2-1-3-5-14)12-16-9-6-13(7-10-16)8-11-16/h3-5,8-16,19,27,29,32,34-36H,1-2,6-7,17-18,20H2,(H,33,37)(H,38,39);1-5,13H,6-12H2/q;+1. The smallest absolute Gasteiger partial charge is 0.405 e. The minimum atomic E-state index is -1.09. The van der Waals surface area contributed by atoms with Gasteiger partial charge in [-0.25, -0.2) is 4.79 Å². The van der Waals surface area contributed by atoms with E-state index in [4.69, 9.17) is 4.74 Å². The molecule has 11 heteroatoms. The number of carbonyl (C=O) groups excluding carboxylic acids is 1. The van der Waals surface area contributed by atoms with Crippen LogP contribution in [0.1, 0.15) is 84.1 Å². The van der Waals surface area contributed by atoms with E-state index in [2.05, 4.69) is 15.6 Å². The zero-order valence-electron chi connectivity index (χ0n) is 32.4. The molecule has 11 nitrogen and oxygen atoms in total. The van der Waals surface area contributed by atoms with Crippen LogP contribution >= 0.6 is 0 Å². The number of phenols is 1. The Morgan fingerprint density at radius 3 is 2.21 bits per heavy atom. The van der Waals surface area contributed by atoms with Gasteiger partial charge in [-0.3, -0.25) is 9.59 Å². The van der Waals surface area contributed by atoms with E-state index in [9.17, 15) is 29.7 Å². The zero-order valence-corrected chi connectivity index (χ0v) is 32.4. The molecule has 1 aromatic heterocycles. The molecule has 6 N–H and O–H groups in total. The number of ketones is 1. The summed E-state index contributed by atoms with van der Waals surface area (Å²) in [5.74, 6) is 1.96. The fraction of sp³-hybridized carbons (Fsp3) is 0.370. The highest BCUT2D eigenvalue weighted by molar-refractivity contribution is 5.97. The number of nitrogens with one attached hydrogen (secondary N) is 3. The van der Waals surface area contributed by atoms with Gasteiger partial charge in [-0.05, 0) is 85.5 Å². The second-order valence-electron chi connectivity index (χ2n) is 15.3. The van der Waals surface area contributed by atoms with Crippen LogP contribution in [0.5, 0.6) is 11.5 Å². The number of aromatic amines is 1. The topological polar surface area (TPSA) is 161 Å². The predicted octanol–water partition coefficient (Wildman–Crippen LogP) is 7.35. The first-order valence-electron chi connectivity index (χ1n) is 20.1. The molecule has 2 unspecified atom stereocenters. The van der Waals surface area contributed by atoms with Crippen LogP contribution in [0.4, 0.5) is 4.79 Å². The number of unbranched alkanes of at least 4 members (excludes halogenated alkanes) is 3. The summed E-state index contributed by atoms with van der Waals surface area (Å²) < 4.78 is 6.99. The number of hydrogen-bond donors (Lipinski definition) is 6. The fourth-order valence-corrected chi connectivity index (χ4v) is 8.10. The van der Waals surface area contributed by atoms with Crippen LogP contribution in [0.3, 0.4) is 0 Å². The maximum atomic E-state index is 12.3. The third kappa shape index (κ3) is 11.5. The molecule has 3 saturated heterocycles. The van der Waals surface area contributed by atoms with Crippen LogP contribution in [0.25, 0.3) is 10.9 Å². The van der Waals surface area contributed by atoms with E-state index >= 15 is 0 Å². The van der Waals surface area contributed by atoms with E-state index in [-0.39, 0.29) is 11.3 Å². The molecule has 3 aliphatic rings. The lowest BCUT2D eigenvalue weighted by atomic mass is 9.85. The van der Waals surface area contributed by atoms with Crippen molar-refractivity contribution in [3.8, 4) is 11.5 Å². The molecular formula is C46H55N4O7+. The Morgan fingerprint density at radius 1 is 0.807 bits per heavy atom. The van der Waals surface area contributed by atoms with Gasteiger partial charge in [-0.15, -0.1) is 0 Å². The Hall–Kier alpha value is -5.49. The van der Waals surface area contributed by atoms with Crippen LogP contribution < -0.4 is 20.9 Å². The number of ether oxygens (including phenoxy) is 1. The molecule has 0 radical (unpaired) electrons. The number of aromatic nitrogens is 1. The van der Waals surface area contributed by atoms with Crippen LogP contribution in [0, 0.1) is 5.92 Å². The number of amides is 1. The molecule has 2 bridgehead atoms. The van der Waals surface area contributed by atoms with E-state index < -0.39 is 18.2 Å². The average Bonchev–Trinajstić information content (AvgIpc) is 3.24. The molecule has 4 aromatic carbocycles. The van der Waals surface area contributed by atoms with Gasteiger partial charge >= 0.3 is 6.09 Å². The molecule has 1 amide bonds. The number of Topliss-reactive ketones (excluding diaryl/α,β-unsaturated/α-hetero) is 1. The number of hydrogen-bond acceptors (Lipinski definition) is 7. The molecule has 300 valence electrons. The van der Waals surface area contributed by atoms with Gasteiger partial charge in [0, 0.05) is 23.6 Å². The first-order valence-corrected chi connectivity index (χ1v) is 20.1. The van der Waals surface area contributed by atoms with Crippen molar-refractivity contribution in [2.24, 2.45) is 5.92 Å². The molecule has 3 aliphatic heterocycles. The Morgan fingerprint density at radius 2 is 1.49 bits per heavy atom.